The molecule has 1 unspecified atom stereocenters. The molecule has 3 rings (SSSR count). The maximum absolute atomic E-state index is 12.4. The highest BCUT2D eigenvalue weighted by Crippen LogP contribution is 2.40. The van der Waals surface area contributed by atoms with E-state index < -0.39 is 5.97 Å². The lowest BCUT2D eigenvalue weighted by molar-refractivity contribution is -0.116. The number of thiophene rings is 1. The largest absolute Gasteiger partial charge is 0.465 e. The van der Waals surface area contributed by atoms with Crippen molar-refractivity contribution < 1.29 is 14.3 Å². The molecule has 6 nitrogen and oxygen atoms in total. The minimum Gasteiger partial charge on any atom is -0.465 e. The molecule has 7 heteroatoms. The molecule has 1 atom stereocenters. The summed E-state index contributed by atoms with van der Waals surface area (Å²) < 4.78 is 6.26. The first-order chi connectivity index (χ1) is 12.4. The molecule has 2 heterocycles. The molecule has 0 aromatic carbocycles. The van der Waals surface area contributed by atoms with Crippen molar-refractivity contribution in [3.05, 3.63) is 50.3 Å². The lowest BCUT2D eigenvalue weighted by atomic mass is 9.88. The van der Waals surface area contributed by atoms with Crippen molar-refractivity contribution in [3.63, 3.8) is 0 Å². The molecule has 0 spiro atoms. The Morgan fingerprint density at radius 1 is 1.42 bits per heavy atom. The molecule has 0 bridgehead atoms. The van der Waals surface area contributed by atoms with Crippen molar-refractivity contribution in [2.24, 2.45) is 5.92 Å². The number of rotatable bonds is 4. The summed E-state index contributed by atoms with van der Waals surface area (Å²) in [5.41, 5.74) is 2.07. The highest BCUT2D eigenvalue weighted by Gasteiger charge is 2.28. The molecule has 2 aromatic heterocycles. The Morgan fingerprint density at radius 2 is 2.19 bits per heavy atom. The molecule has 1 aliphatic rings. The summed E-state index contributed by atoms with van der Waals surface area (Å²) in [6.07, 6.45) is 4.32. The average molecular weight is 374 g/mol. The third-order valence-corrected chi connectivity index (χ3v) is 5.79. The van der Waals surface area contributed by atoms with Crippen LogP contribution in [0, 0.1) is 12.8 Å². The van der Waals surface area contributed by atoms with Gasteiger partial charge < -0.3 is 14.6 Å². The van der Waals surface area contributed by atoms with Crippen LogP contribution < -0.4 is 10.9 Å². The van der Waals surface area contributed by atoms with Crippen LogP contribution in [-0.4, -0.2) is 23.6 Å². The van der Waals surface area contributed by atoms with Gasteiger partial charge in [-0.15, -0.1) is 11.3 Å². The Balaban J connectivity index is 1.85. The number of aromatic nitrogens is 1. The van der Waals surface area contributed by atoms with E-state index in [1.807, 2.05) is 6.92 Å². The molecule has 2 aromatic rings. The van der Waals surface area contributed by atoms with E-state index in [-0.39, 0.29) is 18.0 Å². The Kier molecular flexibility index (Phi) is 5.27. The first kappa shape index (κ1) is 18.4. The molecule has 0 aliphatic heterocycles. The summed E-state index contributed by atoms with van der Waals surface area (Å²) in [6, 6.07) is 3.26. The van der Waals surface area contributed by atoms with Crippen LogP contribution in [0.15, 0.2) is 23.1 Å². The van der Waals surface area contributed by atoms with Gasteiger partial charge in [-0.1, -0.05) is 6.92 Å². The Hall–Kier alpha value is -2.41. The Bertz CT molecular complexity index is 913. The van der Waals surface area contributed by atoms with Crippen LogP contribution >= 0.6 is 11.3 Å². The molecule has 26 heavy (non-hydrogen) atoms. The van der Waals surface area contributed by atoms with Crippen molar-refractivity contribution in [2.45, 2.75) is 39.7 Å². The number of hydrogen-bond donors (Lipinski definition) is 1. The fraction of sp³-hybridized carbons (Fsp3) is 0.421. The zero-order valence-corrected chi connectivity index (χ0v) is 15.9. The van der Waals surface area contributed by atoms with Crippen LogP contribution in [0.4, 0.5) is 5.00 Å². The molecule has 0 radical (unpaired) electrons. The SMILES string of the molecule is COC(=O)c1c(NC(=O)Cn2ccc(C)cc2=O)sc2c1CCC(C)C2. The van der Waals surface area contributed by atoms with E-state index in [2.05, 4.69) is 12.2 Å². The van der Waals surface area contributed by atoms with E-state index in [0.29, 0.717) is 16.5 Å². The van der Waals surface area contributed by atoms with Crippen LogP contribution in [0.2, 0.25) is 0 Å². The molecular formula is C19H22N2O4S. The quantitative estimate of drug-likeness (QED) is 0.835. The highest BCUT2D eigenvalue weighted by molar-refractivity contribution is 7.17. The molecular weight excluding hydrogens is 352 g/mol. The van der Waals surface area contributed by atoms with E-state index in [9.17, 15) is 14.4 Å². The van der Waals surface area contributed by atoms with Crippen molar-refractivity contribution in [1.82, 2.24) is 4.57 Å². The third kappa shape index (κ3) is 3.72. The molecule has 1 N–H and O–H groups in total. The number of hydrogen-bond acceptors (Lipinski definition) is 5. The number of nitrogens with one attached hydrogen (secondary N) is 1. The van der Waals surface area contributed by atoms with Crippen molar-refractivity contribution >= 4 is 28.2 Å². The van der Waals surface area contributed by atoms with Gasteiger partial charge in [0.25, 0.3) is 5.56 Å². The number of aryl methyl sites for hydroxylation is 1. The fourth-order valence-electron chi connectivity index (χ4n) is 3.22. The maximum Gasteiger partial charge on any atom is 0.341 e. The van der Waals surface area contributed by atoms with Crippen molar-refractivity contribution in [3.8, 4) is 0 Å². The van der Waals surface area contributed by atoms with E-state index in [1.54, 1.807) is 12.3 Å². The molecule has 0 fully saturated rings. The van der Waals surface area contributed by atoms with Crippen molar-refractivity contribution in [2.75, 3.05) is 12.4 Å². The predicted octanol–water partition coefficient (Wildman–Crippen LogP) is 2.77. The van der Waals surface area contributed by atoms with Gasteiger partial charge in [-0.3, -0.25) is 9.59 Å². The second-order valence-corrected chi connectivity index (χ2v) is 7.87. The summed E-state index contributed by atoms with van der Waals surface area (Å²) in [5, 5.41) is 3.32. The van der Waals surface area contributed by atoms with Gasteiger partial charge in [-0.25, -0.2) is 4.79 Å². The first-order valence-corrected chi connectivity index (χ1v) is 9.40. The predicted molar refractivity (Wildman–Crippen MR) is 101 cm³/mol. The van der Waals surface area contributed by atoms with Crippen LogP contribution in [0.5, 0.6) is 0 Å². The smallest absolute Gasteiger partial charge is 0.341 e. The minimum absolute atomic E-state index is 0.0985. The second-order valence-electron chi connectivity index (χ2n) is 6.77. The van der Waals surface area contributed by atoms with Gasteiger partial charge in [0.15, 0.2) is 0 Å². The van der Waals surface area contributed by atoms with Gasteiger partial charge in [0.2, 0.25) is 5.91 Å². The second kappa shape index (κ2) is 7.45. The van der Waals surface area contributed by atoms with E-state index >= 15 is 0 Å². The van der Waals surface area contributed by atoms with Gasteiger partial charge in [0.05, 0.1) is 12.7 Å². The van der Waals surface area contributed by atoms with Crippen LogP contribution in [0.1, 0.15) is 39.7 Å². The van der Waals surface area contributed by atoms with Gasteiger partial charge >= 0.3 is 5.97 Å². The van der Waals surface area contributed by atoms with Gasteiger partial charge in [-0.2, -0.15) is 0 Å². The lowest BCUT2D eigenvalue weighted by Crippen LogP contribution is -2.27. The van der Waals surface area contributed by atoms with Crippen LogP contribution in [-0.2, 0) is 28.9 Å². The first-order valence-electron chi connectivity index (χ1n) is 8.58. The number of methoxy groups -OCH3 is 1. The number of anilines is 1. The number of amides is 1. The topological polar surface area (TPSA) is 77.4 Å². The number of esters is 1. The zero-order valence-electron chi connectivity index (χ0n) is 15.1. The van der Waals surface area contributed by atoms with E-state index in [0.717, 1.165) is 35.3 Å². The summed E-state index contributed by atoms with van der Waals surface area (Å²) in [6.45, 7) is 3.91. The van der Waals surface area contributed by atoms with Gasteiger partial charge in [-0.05, 0) is 49.3 Å². The lowest BCUT2D eigenvalue weighted by Gasteiger charge is -2.18. The standard InChI is InChI=1S/C19H22N2O4S/c1-11-4-5-13-14(8-11)26-18(17(13)19(24)25-3)20-15(22)10-21-7-6-12(2)9-16(21)23/h6-7,9,11H,4-5,8,10H2,1-3H3,(H,20,22). The number of carbonyl (C=O) groups excluding carboxylic acids is 2. The normalized spacial score (nSPS) is 16.0. The Morgan fingerprint density at radius 3 is 2.88 bits per heavy atom. The highest BCUT2D eigenvalue weighted by atomic mass is 32.1. The van der Waals surface area contributed by atoms with Gasteiger partial charge in [0.1, 0.15) is 11.5 Å². The monoisotopic (exact) mass is 374 g/mol. The summed E-state index contributed by atoms with van der Waals surface area (Å²) in [7, 11) is 1.34. The van der Waals surface area contributed by atoms with E-state index in [1.165, 1.54) is 29.1 Å². The van der Waals surface area contributed by atoms with Crippen molar-refractivity contribution in [1.29, 1.82) is 0 Å². The number of ether oxygens (including phenoxy) is 1. The maximum atomic E-state index is 12.4. The third-order valence-electron chi connectivity index (χ3n) is 4.62. The fourth-order valence-corrected chi connectivity index (χ4v) is 4.63. The summed E-state index contributed by atoms with van der Waals surface area (Å²) in [4.78, 5) is 37.8. The van der Waals surface area contributed by atoms with Crippen LogP contribution in [0.25, 0.3) is 0 Å². The zero-order chi connectivity index (χ0) is 18.8. The molecule has 0 saturated heterocycles. The number of pyridine rings is 1. The molecule has 0 saturated carbocycles. The number of fused-ring (bicyclic) bond motifs is 1. The summed E-state index contributed by atoms with van der Waals surface area (Å²) >= 11 is 1.43. The number of nitrogens with zero attached hydrogens (tertiary/aromatic N) is 1. The van der Waals surface area contributed by atoms with Crippen LogP contribution in [0.3, 0.4) is 0 Å². The molecule has 1 aliphatic carbocycles. The number of carbonyl (C=O) groups is 2. The van der Waals surface area contributed by atoms with E-state index in [4.69, 9.17) is 4.74 Å². The van der Waals surface area contributed by atoms with Gasteiger partial charge in [0, 0.05) is 17.1 Å². The molecule has 1 amide bonds. The average Bonchev–Trinajstić information content (AvgIpc) is 2.93. The summed E-state index contributed by atoms with van der Waals surface area (Å²) in [5.74, 6) is -0.214. The molecule has 138 valence electrons. The Labute approximate surface area is 155 Å². The minimum atomic E-state index is -0.431.